The minimum Gasteiger partial charge on any atom is -0.462 e. The molecule has 1 rings (SSSR count). The average Bonchev–Trinajstić information content (AvgIpc) is 3.30. The Morgan fingerprint density at radius 2 is 0.864 bits per heavy atom. The lowest BCUT2D eigenvalue weighted by molar-refractivity contribution is -0.220. The lowest BCUT2D eigenvalue weighted by atomic mass is 9.85. The second-order valence-corrected chi connectivity index (χ2v) is 18.7. The fourth-order valence-corrected chi connectivity index (χ4v) is 8.22. The number of phosphoric ester groups is 1. The molecule has 1 aliphatic carbocycles. The molecule has 13 nitrogen and oxygen atoms in total. The lowest BCUT2D eigenvalue weighted by Gasteiger charge is -2.41. The van der Waals surface area contributed by atoms with Gasteiger partial charge in [0.15, 0.2) is 6.10 Å². The van der Waals surface area contributed by atoms with Crippen LogP contribution in [0.5, 0.6) is 0 Å². The van der Waals surface area contributed by atoms with Gasteiger partial charge in [-0.3, -0.25) is 18.6 Å². The number of carbonyl (C=O) groups is 2. The fraction of sp³-hybridized carbons (Fsp3) is 0.731. The van der Waals surface area contributed by atoms with Gasteiger partial charge in [-0.25, -0.2) is 4.57 Å². The summed E-state index contributed by atoms with van der Waals surface area (Å²) in [5.41, 5.74) is 0. The van der Waals surface area contributed by atoms with Crippen LogP contribution in [0.4, 0.5) is 0 Å². The predicted molar refractivity (Wildman–Crippen MR) is 262 cm³/mol. The predicted octanol–water partition coefficient (Wildman–Crippen LogP) is 10.7. The summed E-state index contributed by atoms with van der Waals surface area (Å²) in [6.07, 6.45) is 39.4. The zero-order chi connectivity index (χ0) is 48.5. The summed E-state index contributed by atoms with van der Waals surface area (Å²) in [5, 5.41) is 50.3. The molecular formula is C52H89O13P. The molecule has 0 aliphatic heterocycles. The highest BCUT2D eigenvalue weighted by molar-refractivity contribution is 7.47. The van der Waals surface area contributed by atoms with Crippen LogP contribution < -0.4 is 0 Å². The highest BCUT2D eigenvalue weighted by atomic mass is 31.2. The van der Waals surface area contributed by atoms with E-state index in [1.807, 2.05) is 0 Å². The molecule has 380 valence electrons. The van der Waals surface area contributed by atoms with E-state index in [4.69, 9.17) is 18.5 Å². The van der Waals surface area contributed by atoms with Crippen LogP contribution in [-0.4, -0.2) is 98.3 Å². The van der Waals surface area contributed by atoms with Gasteiger partial charge >= 0.3 is 19.8 Å². The molecule has 0 aromatic carbocycles. The number of phosphoric acid groups is 1. The third-order valence-corrected chi connectivity index (χ3v) is 12.3. The molecule has 1 aliphatic rings. The van der Waals surface area contributed by atoms with Crippen molar-refractivity contribution in [2.75, 3.05) is 13.2 Å². The minimum absolute atomic E-state index is 0.0753. The largest absolute Gasteiger partial charge is 0.472 e. The minimum atomic E-state index is -5.13. The maximum Gasteiger partial charge on any atom is 0.472 e. The van der Waals surface area contributed by atoms with E-state index in [0.29, 0.717) is 12.8 Å². The monoisotopic (exact) mass is 953 g/mol. The molecule has 0 amide bonds. The van der Waals surface area contributed by atoms with Crippen molar-refractivity contribution in [2.24, 2.45) is 0 Å². The molecule has 0 aromatic rings. The maximum absolute atomic E-state index is 12.8. The Kier molecular flexibility index (Phi) is 38.3. The van der Waals surface area contributed by atoms with Crippen LogP contribution in [0.2, 0.25) is 0 Å². The van der Waals surface area contributed by atoms with Crippen molar-refractivity contribution in [1.29, 1.82) is 0 Å². The van der Waals surface area contributed by atoms with E-state index in [0.717, 1.165) is 116 Å². The third kappa shape index (κ3) is 32.9. The molecule has 0 heterocycles. The Bertz CT molecular complexity index is 1430. The van der Waals surface area contributed by atoms with E-state index >= 15 is 0 Å². The summed E-state index contributed by atoms with van der Waals surface area (Å²) in [6.45, 7) is 3.16. The topological polar surface area (TPSA) is 210 Å². The molecule has 0 spiro atoms. The fourth-order valence-electron chi connectivity index (χ4n) is 7.25. The molecular weight excluding hydrogens is 864 g/mol. The summed E-state index contributed by atoms with van der Waals surface area (Å²) in [7, 11) is -5.13. The number of hydrogen-bond donors (Lipinski definition) is 6. The quantitative estimate of drug-likeness (QED) is 0.0146. The summed E-state index contributed by atoms with van der Waals surface area (Å²) in [4.78, 5) is 35.8. The summed E-state index contributed by atoms with van der Waals surface area (Å²) in [5.74, 6) is -1.13. The maximum atomic E-state index is 12.8. The number of ether oxygens (including phenoxy) is 2. The first kappa shape index (κ1) is 61.3. The number of esters is 2. The number of allylic oxidation sites excluding steroid dienone is 12. The second-order valence-electron chi connectivity index (χ2n) is 17.3. The van der Waals surface area contributed by atoms with Gasteiger partial charge in [0, 0.05) is 12.8 Å². The second kappa shape index (κ2) is 41.3. The Hall–Kier alpha value is -2.71. The normalized spacial score (nSPS) is 21.9. The van der Waals surface area contributed by atoms with E-state index in [1.165, 1.54) is 32.1 Å². The summed E-state index contributed by atoms with van der Waals surface area (Å²) in [6, 6.07) is 0. The van der Waals surface area contributed by atoms with Crippen molar-refractivity contribution in [3.63, 3.8) is 0 Å². The summed E-state index contributed by atoms with van der Waals surface area (Å²) < 4.78 is 33.6. The van der Waals surface area contributed by atoms with E-state index in [9.17, 15) is 44.6 Å². The molecule has 66 heavy (non-hydrogen) atoms. The SMILES string of the molecule is CC/C=C\C/C=C\C/C=C\C/C=C\CCCCCCCCC(=O)OC(COC(=O)CCCCCCCCC/C=C\C/C=C\CCCCCC)COP(=O)(O)OC1C(O)C(O)C(O)C(O)C1O. The molecule has 0 aromatic heterocycles. The zero-order valence-electron chi connectivity index (χ0n) is 40.5. The highest BCUT2D eigenvalue weighted by Crippen LogP contribution is 2.47. The third-order valence-electron chi connectivity index (χ3n) is 11.3. The van der Waals surface area contributed by atoms with Crippen molar-refractivity contribution in [3.8, 4) is 0 Å². The van der Waals surface area contributed by atoms with Crippen LogP contribution in [0.25, 0.3) is 0 Å². The molecule has 14 heteroatoms. The molecule has 6 unspecified atom stereocenters. The van der Waals surface area contributed by atoms with Gasteiger partial charge in [0.2, 0.25) is 0 Å². The van der Waals surface area contributed by atoms with Crippen molar-refractivity contribution in [3.05, 3.63) is 72.9 Å². The van der Waals surface area contributed by atoms with Crippen LogP contribution in [-0.2, 0) is 32.7 Å². The van der Waals surface area contributed by atoms with Crippen molar-refractivity contribution in [2.45, 2.75) is 230 Å². The smallest absolute Gasteiger partial charge is 0.462 e. The van der Waals surface area contributed by atoms with E-state index in [-0.39, 0.29) is 12.8 Å². The van der Waals surface area contributed by atoms with Crippen LogP contribution in [0.1, 0.15) is 187 Å². The van der Waals surface area contributed by atoms with Gasteiger partial charge in [-0.15, -0.1) is 0 Å². The number of carbonyl (C=O) groups excluding carboxylic acids is 2. The molecule has 6 atom stereocenters. The number of aliphatic hydroxyl groups is 5. The number of rotatable bonds is 41. The number of hydrogen-bond acceptors (Lipinski definition) is 12. The average molecular weight is 953 g/mol. The molecule has 6 N–H and O–H groups in total. The Balaban J connectivity index is 2.43. The number of unbranched alkanes of at least 4 members (excludes halogenated alkanes) is 17. The Morgan fingerprint density at radius 1 is 0.485 bits per heavy atom. The molecule has 1 fully saturated rings. The van der Waals surface area contributed by atoms with Crippen LogP contribution in [0.3, 0.4) is 0 Å². The van der Waals surface area contributed by atoms with Gasteiger partial charge < -0.3 is 39.9 Å². The molecule has 0 radical (unpaired) electrons. The zero-order valence-corrected chi connectivity index (χ0v) is 41.4. The van der Waals surface area contributed by atoms with E-state index in [1.54, 1.807) is 0 Å². The first-order valence-corrected chi connectivity index (χ1v) is 26.7. The Labute approximate surface area is 397 Å². The van der Waals surface area contributed by atoms with E-state index in [2.05, 4.69) is 86.8 Å². The highest BCUT2D eigenvalue weighted by Gasteiger charge is 2.51. The van der Waals surface area contributed by atoms with Crippen molar-refractivity contribution >= 4 is 19.8 Å². The molecule has 0 bridgehead atoms. The van der Waals surface area contributed by atoms with Crippen molar-refractivity contribution in [1.82, 2.24) is 0 Å². The Morgan fingerprint density at radius 3 is 1.32 bits per heavy atom. The lowest BCUT2D eigenvalue weighted by Crippen LogP contribution is -2.64. The molecule has 0 saturated heterocycles. The standard InChI is InChI=1S/C52H89O13P/c1-3-5-7-9-11-13-15-17-19-21-23-25-27-29-31-33-35-37-39-41-46(54)64-44(43-63-66(60,61)65-52-50(58)48(56)47(55)49(57)51(52)59)42-62-45(53)40-38-36-34-32-30-28-26-24-22-20-18-16-14-12-10-8-6-4-2/h5,7,11,13-14,16-17,19-20,22-23,25,44,47-52,55-59H,3-4,6,8-10,12,15,18,21,24,26-43H2,1-2H3,(H,60,61)/b7-5-,13-11-,16-14-,19-17-,22-20-,25-23-. The van der Waals surface area contributed by atoms with Crippen molar-refractivity contribution < 1.29 is 63.1 Å². The first-order chi connectivity index (χ1) is 31.9. The van der Waals surface area contributed by atoms with Gasteiger partial charge in [-0.05, 0) is 83.5 Å². The summed E-state index contributed by atoms with van der Waals surface area (Å²) >= 11 is 0. The van der Waals surface area contributed by atoms with Gasteiger partial charge in [0.05, 0.1) is 6.61 Å². The van der Waals surface area contributed by atoms with Gasteiger partial charge in [0.1, 0.15) is 43.2 Å². The van der Waals surface area contributed by atoms with Crippen LogP contribution in [0.15, 0.2) is 72.9 Å². The number of aliphatic hydroxyl groups excluding tert-OH is 5. The van der Waals surface area contributed by atoms with Crippen LogP contribution in [0, 0.1) is 0 Å². The van der Waals surface area contributed by atoms with Gasteiger partial charge in [0.25, 0.3) is 0 Å². The molecule has 1 saturated carbocycles. The van der Waals surface area contributed by atoms with Gasteiger partial charge in [-0.2, -0.15) is 0 Å². The van der Waals surface area contributed by atoms with E-state index < -0.39 is 75.7 Å². The first-order valence-electron chi connectivity index (χ1n) is 25.2. The van der Waals surface area contributed by atoms with Crippen LogP contribution >= 0.6 is 7.82 Å². The van der Waals surface area contributed by atoms with Gasteiger partial charge in [-0.1, -0.05) is 164 Å².